The third-order valence-corrected chi connectivity index (χ3v) is 8.50. The summed E-state index contributed by atoms with van der Waals surface area (Å²) in [6.07, 6.45) is 2.49. The van der Waals surface area contributed by atoms with Crippen LogP contribution in [0.4, 0.5) is 15.1 Å². The van der Waals surface area contributed by atoms with Gasteiger partial charge in [-0.15, -0.1) is 11.3 Å². The molecule has 0 radical (unpaired) electrons. The van der Waals surface area contributed by atoms with Crippen LogP contribution in [0.25, 0.3) is 0 Å². The summed E-state index contributed by atoms with van der Waals surface area (Å²) in [5.74, 6) is 1.15. The number of carbonyl (C=O) groups excluding carboxylic acids is 1. The first kappa shape index (κ1) is 23.6. The number of methoxy groups -OCH3 is 2. The highest BCUT2D eigenvalue weighted by Gasteiger charge is 2.44. The number of rotatable bonds is 6. The Morgan fingerprint density at radius 2 is 1.76 bits per heavy atom. The van der Waals surface area contributed by atoms with Gasteiger partial charge in [-0.05, 0) is 72.9 Å². The molecule has 1 aliphatic carbocycles. The molecular formula is C30H27FN2O3S. The van der Waals surface area contributed by atoms with Crippen LogP contribution in [0.5, 0.6) is 11.5 Å². The number of fused-ring (bicyclic) bond motifs is 3. The van der Waals surface area contributed by atoms with Gasteiger partial charge in [0.05, 0.1) is 19.8 Å². The van der Waals surface area contributed by atoms with Gasteiger partial charge >= 0.3 is 0 Å². The van der Waals surface area contributed by atoms with Crippen molar-refractivity contribution in [3.05, 3.63) is 106 Å². The molecule has 0 fully saturated rings. The molecule has 0 N–H and O–H groups in total. The van der Waals surface area contributed by atoms with Crippen LogP contribution in [0.1, 0.15) is 44.5 Å². The van der Waals surface area contributed by atoms with E-state index >= 15 is 0 Å². The maximum absolute atomic E-state index is 14.3. The molecule has 2 heterocycles. The molecule has 1 aromatic heterocycles. The summed E-state index contributed by atoms with van der Waals surface area (Å²) in [6, 6.07) is 21.9. The quantitative estimate of drug-likeness (QED) is 0.285. The Labute approximate surface area is 219 Å². The van der Waals surface area contributed by atoms with Crippen LogP contribution in [0.15, 0.2) is 72.8 Å². The lowest BCUT2D eigenvalue weighted by molar-refractivity contribution is 0.0968. The van der Waals surface area contributed by atoms with Crippen molar-refractivity contribution >= 4 is 27.9 Å². The Kier molecular flexibility index (Phi) is 6.08. The van der Waals surface area contributed by atoms with Gasteiger partial charge in [-0.25, -0.2) is 4.39 Å². The largest absolute Gasteiger partial charge is 0.497 e. The number of hydrogen-bond donors (Lipinski definition) is 0. The second-order valence-electron chi connectivity index (χ2n) is 9.28. The zero-order chi connectivity index (χ0) is 25.5. The zero-order valence-corrected chi connectivity index (χ0v) is 21.6. The zero-order valence-electron chi connectivity index (χ0n) is 20.7. The minimum atomic E-state index is -0.474. The monoisotopic (exact) mass is 514 g/mol. The Morgan fingerprint density at radius 3 is 2.49 bits per heavy atom. The summed E-state index contributed by atoms with van der Waals surface area (Å²) in [5.41, 5.74) is 4.54. The average molecular weight is 515 g/mol. The van der Waals surface area contributed by atoms with E-state index in [1.54, 1.807) is 37.7 Å². The SMILES string of the molecule is COc1ccc(OC)c(CN2c3sc4c(c3C(=O)N(c3ccccc3)C2c2ccc(F)cc2)CCC4)c1. The smallest absolute Gasteiger partial charge is 0.263 e. The number of nitrogens with zero attached hydrogens (tertiary/aromatic N) is 2. The molecular weight excluding hydrogens is 487 g/mol. The van der Waals surface area contributed by atoms with Gasteiger partial charge in [-0.2, -0.15) is 0 Å². The second-order valence-corrected chi connectivity index (χ2v) is 10.4. The van der Waals surface area contributed by atoms with Crippen molar-refractivity contribution in [3.63, 3.8) is 0 Å². The molecule has 0 saturated heterocycles. The van der Waals surface area contributed by atoms with Gasteiger partial charge < -0.3 is 14.4 Å². The van der Waals surface area contributed by atoms with Crippen molar-refractivity contribution in [2.45, 2.75) is 32.0 Å². The van der Waals surface area contributed by atoms with E-state index in [4.69, 9.17) is 9.47 Å². The van der Waals surface area contributed by atoms with Gasteiger partial charge in [0.15, 0.2) is 0 Å². The standard InChI is InChI=1S/C30H27FN2O3S/c1-35-23-15-16-25(36-2)20(17-23)18-32-28(19-11-13-21(31)14-12-19)33(22-7-4-3-5-8-22)29(34)27-24-9-6-10-26(24)37-30(27)32/h3-5,7-8,11-17,28H,6,9-10,18H2,1-2H3. The van der Waals surface area contributed by atoms with Crippen LogP contribution >= 0.6 is 11.3 Å². The first-order valence-corrected chi connectivity index (χ1v) is 13.2. The van der Waals surface area contributed by atoms with Crippen molar-refractivity contribution in [1.82, 2.24) is 0 Å². The van der Waals surface area contributed by atoms with Crippen LogP contribution in [0.3, 0.4) is 0 Å². The summed E-state index contributed by atoms with van der Waals surface area (Å²) >= 11 is 1.71. The molecule has 0 spiro atoms. The molecule has 0 bridgehead atoms. The Hall–Kier alpha value is -3.84. The van der Waals surface area contributed by atoms with Gasteiger partial charge in [-0.3, -0.25) is 9.69 Å². The molecule has 37 heavy (non-hydrogen) atoms. The molecule has 6 rings (SSSR count). The van der Waals surface area contributed by atoms with Gasteiger partial charge in [-0.1, -0.05) is 30.3 Å². The van der Waals surface area contributed by atoms with Crippen LogP contribution < -0.4 is 19.3 Å². The molecule has 7 heteroatoms. The number of benzene rings is 3. The number of para-hydroxylation sites is 1. The molecule has 3 aromatic carbocycles. The highest BCUT2D eigenvalue weighted by atomic mass is 32.1. The number of halogens is 1. The molecule has 5 nitrogen and oxygen atoms in total. The lowest BCUT2D eigenvalue weighted by Crippen LogP contribution is -2.49. The molecule has 1 aliphatic heterocycles. The number of aryl methyl sites for hydroxylation is 1. The van der Waals surface area contributed by atoms with Crippen LogP contribution in [0, 0.1) is 5.82 Å². The fourth-order valence-electron chi connectivity index (χ4n) is 5.45. The Bertz CT molecular complexity index is 1450. The number of hydrogen-bond acceptors (Lipinski definition) is 5. The minimum Gasteiger partial charge on any atom is -0.497 e. The van der Waals surface area contributed by atoms with E-state index in [-0.39, 0.29) is 11.7 Å². The summed E-state index contributed by atoms with van der Waals surface area (Å²) in [7, 11) is 3.30. The second kappa shape index (κ2) is 9.56. The summed E-state index contributed by atoms with van der Waals surface area (Å²) < 4.78 is 25.2. The number of thiophene rings is 1. The average Bonchev–Trinajstić information content (AvgIpc) is 3.53. The molecule has 188 valence electrons. The van der Waals surface area contributed by atoms with Gasteiger partial charge in [0.1, 0.15) is 28.5 Å². The number of amides is 1. The predicted octanol–water partition coefficient (Wildman–Crippen LogP) is 6.76. The fraction of sp³-hybridized carbons (Fsp3) is 0.233. The lowest BCUT2D eigenvalue weighted by Gasteiger charge is -2.45. The summed E-state index contributed by atoms with van der Waals surface area (Å²) in [4.78, 5) is 19.7. The number of anilines is 2. The molecule has 1 atom stereocenters. The normalized spacial score (nSPS) is 16.5. The van der Waals surface area contributed by atoms with Crippen molar-refractivity contribution in [3.8, 4) is 11.5 Å². The number of ether oxygens (including phenoxy) is 2. The van der Waals surface area contributed by atoms with Gasteiger partial charge in [0.2, 0.25) is 0 Å². The summed E-state index contributed by atoms with van der Waals surface area (Å²) in [6.45, 7) is 0.478. The predicted molar refractivity (Wildman–Crippen MR) is 144 cm³/mol. The van der Waals surface area contributed by atoms with E-state index in [1.807, 2.05) is 53.4 Å². The third-order valence-electron chi connectivity index (χ3n) is 7.17. The van der Waals surface area contributed by atoms with Crippen molar-refractivity contribution in [2.24, 2.45) is 0 Å². The fourth-order valence-corrected chi connectivity index (χ4v) is 6.85. The van der Waals surface area contributed by atoms with Crippen molar-refractivity contribution in [2.75, 3.05) is 24.0 Å². The Morgan fingerprint density at radius 1 is 0.973 bits per heavy atom. The lowest BCUT2D eigenvalue weighted by atomic mass is 10.00. The first-order chi connectivity index (χ1) is 18.1. The van der Waals surface area contributed by atoms with E-state index < -0.39 is 6.17 Å². The topological polar surface area (TPSA) is 42.0 Å². The molecule has 2 aliphatic rings. The van der Waals surface area contributed by atoms with E-state index in [0.717, 1.165) is 58.1 Å². The third kappa shape index (κ3) is 4.03. The van der Waals surface area contributed by atoms with E-state index in [2.05, 4.69) is 4.90 Å². The maximum Gasteiger partial charge on any atom is 0.263 e. The van der Waals surface area contributed by atoms with Gasteiger partial charge in [0, 0.05) is 22.7 Å². The van der Waals surface area contributed by atoms with E-state index in [9.17, 15) is 9.18 Å². The molecule has 0 saturated carbocycles. The molecule has 1 unspecified atom stereocenters. The Balaban J connectivity index is 1.58. The number of carbonyl (C=O) groups is 1. The minimum absolute atomic E-state index is 0.0104. The van der Waals surface area contributed by atoms with Crippen LogP contribution in [0.2, 0.25) is 0 Å². The van der Waals surface area contributed by atoms with Crippen molar-refractivity contribution < 1.29 is 18.7 Å². The first-order valence-electron chi connectivity index (χ1n) is 12.3. The van der Waals surface area contributed by atoms with E-state index in [1.165, 1.54) is 22.6 Å². The highest BCUT2D eigenvalue weighted by molar-refractivity contribution is 7.17. The van der Waals surface area contributed by atoms with Crippen LogP contribution in [-0.4, -0.2) is 20.1 Å². The summed E-state index contributed by atoms with van der Waals surface area (Å²) in [5, 5.41) is 0.959. The van der Waals surface area contributed by atoms with Gasteiger partial charge in [0.25, 0.3) is 5.91 Å². The molecule has 4 aromatic rings. The highest BCUT2D eigenvalue weighted by Crippen LogP contribution is 2.50. The van der Waals surface area contributed by atoms with Crippen molar-refractivity contribution in [1.29, 1.82) is 0 Å². The van der Waals surface area contributed by atoms with E-state index in [0.29, 0.717) is 6.54 Å². The van der Waals surface area contributed by atoms with Crippen LogP contribution in [-0.2, 0) is 19.4 Å². The molecule has 1 amide bonds. The maximum atomic E-state index is 14.3.